The van der Waals surface area contributed by atoms with E-state index < -0.39 is 0 Å². The van der Waals surface area contributed by atoms with Gasteiger partial charge in [-0.1, -0.05) is 11.8 Å². The molecule has 0 heterocycles. The quantitative estimate of drug-likeness (QED) is 0.535. The largest absolute Gasteiger partial charge is 2.00 e. The molecule has 0 saturated carbocycles. The Kier molecular flexibility index (Phi) is 8.42. The first kappa shape index (κ1) is 14.4. The van der Waals surface area contributed by atoms with E-state index in [1.807, 2.05) is 0 Å². The molecule has 0 fully saturated rings. The van der Waals surface area contributed by atoms with E-state index in [4.69, 9.17) is 0 Å². The van der Waals surface area contributed by atoms with Crippen molar-refractivity contribution in [1.82, 2.24) is 0 Å². The van der Waals surface area contributed by atoms with Crippen molar-refractivity contribution in [1.29, 1.82) is 0 Å². The average Bonchev–Trinajstić information content (AvgIpc) is 1.59. The Morgan fingerprint density at radius 2 is 1.82 bits per heavy atom. The molecule has 11 heavy (non-hydrogen) atoms. The van der Waals surface area contributed by atoms with Gasteiger partial charge in [0.25, 0.3) is 0 Å². The van der Waals surface area contributed by atoms with Gasteiger partial charge in [-0.2, -0.15) is 0 Å². The first-order valence-corrected chi connectivity index (χ1v) is 4.34. The van der Waals surface area contributed by atoms with Gasteiger partial charge in [0.05, 0.1) is 33.4 Å². The molecule has 4 heteroatoms. The van der Waals surface area contributed by atoms with Gasteiger partial charge in [0.2, 0.25) is 0 Å². The molecule has 0 unspecified atom stereocenters. The Morgan fingerprint density at radius 1 is 1.36 bits per heavy atom. The summed E-state index contributed by atoms with van der Waals surface area (Å²) in [5, 5.41) is 0.216. The second kappa shape index (κ2) is 6.42. The van der Waals surface area contributed by atoms with Crippen LogP contribution in [0.5, 0.6) is 0 Å². The molecule has 0 aliphatic rings. The molecule has 0 aromatic carbocycles. The van der Waals surface area contributed by atoms with E-state index in [0.29, 0.717) is 0 Å². The summed E-state index contributed by atoms with van der Waals surface area (Å²) in [6.07, 6.45) is 0. The number of carbonyl (C=O) groups is 1. The Morgan fingerprint density at radius 3 is 2.09 bits per heavy atom. The normalized spacial score (nSPS) is 10.5. The van der Waals surface area contributed by atoms with Crippen LogP contribution in [0.25, 0.3) is 0 Å². The van der Waals surface area contributed by atoms with E-state index in [1.165, 1.54) is 11.8 Å². The molecule has 0 aliphatic carbocycles. The number of rotatable bonds is 3. The maximum Gasteiger partial charge on any atom is 2.00 e. The van der Waals surface area contributed by atoms with Gasteiger partial charge in [-0.05, 0) is 0 Å². The summed E-state index contributed by atoms with van der Waals surface area (Å²) in [5.41, 5.74) is 0. The summed E-state index contributed by atoms with van der Waals surface area (Å²) in [6, 6.07) is 0. The zero-order valence-electron chi connectivity index (χ0n) is 7.68. The maximum absolute atomic E-state index is 10.5. The van der Waals surface area contributed by atoms with E-state index in [1.54, 1.807) is 6.92 Å². The fourth-order valence-electron chi connectivity index (χ4n) is 0.463. The van der Waals surface area contributed by atoms with E-state index in [-0.39, 0.29) is 32.4 Å². The van der Waals surface area contributed by atoms with Crippen LogP contribution in [0.3, 0.4) is 0 Å². The molecule has 0 atom stereocenters. The fraction of sp³-hybridized carbons (Fsp3) is 0.857. The van der Waals surface area contributed by atoms with Gasteiger partial charge in [0.1, 0.15) is 0 Å². The summed E-state index contributed by atoms with van der Waals surface area (Å²) in [7, 11) is 6.38. The molecule has 0 amide bonds. The van der Waals surface area contributed by atoms with E-state index in [9.17, 15) is 4.79 Å². The number of quaternary nitrogens is 1. The molecular weight excluding hydrogens is 353 g/mol. The van der Waals surface area contributed by atoms with E-state index in [2.05, 4.69) is 21.1 Å². The van der Waals surface area contributed by atoms with Crippen molar-refractivity contribution in [3.05, 3.63) is 0 Å². The Bertz CT molecular complexity index is 122. The summed E-state index contributed by atoms with van der Waals surface area (Å²) >= 11 is 1.40. The fourth-order valence-corrected chi connectivity index (χ4v) is 1.39. The van der Waals surface area contributed by atoms with Crippen LogP contribution in [0.1, 0.15) is 6.92 Å². The number of hydrogen-bond donors (Lipinski definition) is 0. The zero-order valence-corrected chi connectivity index (χ0v) is 12.4. The summed E-state index contributed by atoms with van der Waals surface area (Å²) in [4.78, 5) is 10.5. The molecule has 2 nitrogen and oxygen atoms in total. The molecule has 0 spiro atoms. The average molecular weight is 369 g/mol. The molecule has 62 valence electrons. The van der Waals surface area contributed by atoms with Gasteiger partial charge < -0.3 is 4.48 Å². The first-order chi connectivity index (χ1) is 4.42. The van der Waals surface area contributed by atoms with E-state index >= 15 is 0 Å². The minimum atomic E-state index is 0. The van der Waals surface area contributed by atoms with Crippen LogP contribution in [-0.4, -0.2) is 70.3 Å². The maximum atomic E-state index is 10.5. The van der Waals surface area contributed by atoms with Gasteiger partial charge in [0.15, 0.2) is 5.12 Å². The number of carbonyl (C=O) groups excluding carboxylic acids is 1. The van der Waals surface area contributed by atoms with Crippen molar-refractivity contribution in [3.8, 4) is 0 Å². The van der Waals surface area contributed by atoms with Crippen molar-refractivity contribution >= 4 is 44.2 Å². The molecule has 0 rings (SSSR count). The summed E-state index contributed by atoms with van der Waals surface area (Å²) in [5.74, 6) is 0.929. The zero-order chi connectivity index (χ0) is 8.20. The number of hydrogen-bond acceptors (Lipinski definition) is 2. The Hall–Kier alpha value is 0.902. The van der Waals surface area contributed by atoms with Crippen LogP contribution in [0.2, 0.25) is 0 Å². The van der Waals surface area contributed by atoms with Crippen LogP contribution < -0.4 is 0 Å². The van der Waals surface area contributed by atoms with Crippen LogP contribution in [0.15, 0.2) is 0 Å². The summed E-state index contributed by atoms with van der Waals surface area (Å²) < 4.78 is 0.931. The second-order valence-corrected chi connectivity index (χ2v) is 4.63. The smallest absolute Gasteiger partial charge is 0.330 e. The van der Waals surface area contributed by atoms with Crippen LogP contribution in [-0.2, 0) is 4.79 Å². The second-order valence-electron chi connectivity index (χ2n) is 3.35. The molecule has 0 bridgehead atoms. The van der Waals surface area contributed by atoms with Crippen LogP contribution in [0, 0.1) is 0 Å². The molecule has 0 N–H and O–H groups in total. The molecule has 0 aromatic heterocycles. The predicted octanol–water partition coefficient (Wildman–Crippen LogP) is 0.591. The molecule has 0 aliphatic heterocycles. The van der Waals surface area contributed by atoms with Crippen molar-refractivity contribution < 1.29 is 9.28 Å². The van der Waals surface area contributed by atoms with Gasteiger partial charge in [-0.25, -0.2) is 0 Å². The van der Waals surface area contributed by atoms with Crippen molar-refractivity contribution in [3.63, 3.8) is 0 Å². The van der Waals surface area contributed by atoms with Gasteiger partial charge in [-0.15, -0.1) is 0 Å². The van der Waals surface area contributed by atoms with Gasteiger partial charge in [-0.3, -0.25) is 4.79 Å². The third-order valence-electron chi connectivity index (χ3n) is 1.07. The van der Waals surface area contributed by atoms with Crippen LogP contribution >= 0.6 is 11.8 Å². The molecule has 0 saturated heterocycles. The minimum absolute atomic E-state index is 0. The van der Waals surface area contributed by atoms with Crippen molar-refractivity contribution in [2.24, 2.45) is 0 Å². The van der Waals surface area contributed by atoms with Gasteiger partial charge in [0, 0.05) is 6.92 Å². The molecule has 2 radical (unpaired) electrons. The number of thioether (sulfide) groups is 1. The standard InChI is InChI=1S/C7H16NOS.Pb/c1-7(9)10-6-5-8(2,3)4;/h5-6H2,1-4H3;/q+1;+2. The van der Waals surface area contributed by atoms with Crippen molar-refractivity contribution in [2.75, 3.05) is 33.4 Å². The van der Waals surface area contributed by atoms with Gasteiger partial charge >= 0.3 is 27.3 Å². The van der Waals surface area contributed by atoms with Crippen LogP contribution in [0.4, 0.5) is 0 Å². The van der Waals surface area contributed by atoms with Crippen molar-refractivity contribution in [2.45, 2.75) is 6.92 Å². The summed E-state index contributed by atoms with van der Waals surface area (Å²) in [6.45, 7) is 2.66. The van der Waals surface area contributed by atoms with E-state index in [0.717, 1.165) is 16.8 Å². The third kappa shape index (κ3) is 13.8. The molecular formula is C7H16NOPbS+3. The SMILES string of the molecule is CC(=O)SCC[N+](C)(C)C.[Pb+2]. The minimum Gasteiger partial charge on any atom is -0.330 e. The Labute approximate surface area is 93.5 Å². The number of nitrogens with zero attached hydrogens (tertiary/aromatic N) is 1. The predicted molar refractivity (Wildman–Crippen MR) is 51.8 cm³/mol. The topological polar surface area (TPSA) is 17.1 Å². The Balaban J connectivity index is 0. The monoisotopic (exact) mass is 370 g/mol. The molecule has 0 aromatic rings. The third-order valence-corrected chi connectivity index (χ3v) is 1.86. The first-order valence-electron chi connectivity index (χ1n) is 3.35.